The lowest BCUT2D eigenvalue weighted by atomic mass is 10.1. The minimum Gasteiger partial charge on any atom is -0.272 e. The molecule has 0 saturated heterocycles. The first-order valence-electron chi connectivity index (χ1n) is 9.83. The first kappa shape index (κ1) is 25.4. The Kier molecular flexibility index (Phi) is 9.05. The van der Waals surface area contributed by atoms with Gasteiger partial charge in [0, 0.05) is 16.6 Å². The number of carbonyl (C=O) groups is 1. The summed E-state index contributed by atoms with van der Waals surface area (Å²) >= 11 is 15.5. The molecule has 0 atom stereocenters. The Morgan fingerprint density at radius 1 is 0.970 bits per heavy atom. The van der Waals surface area contributed by atoms with Gasteiger partial charge in [0.2, 0.25) is 10.0 Å². The molecule has 3 aromatic carbocycles. The Labute approximate surface area is 211 Å². The van der Waals surface area contributed by atoms with Crippen LogP contribution in [0.5, 0.6) is 0 Å². The standard InChI is InChI=1S/C23H20BrCl2N3O3S/c24-18-9-11-19(12-10-18)33(31,32)29(14-13-17-5-2-1-3-6-17)16-23(30)28-27-15-20-21(25)7-4-8-22(20)26/h1-12,15H,13-14,16H2,(H,28,30)/b27-15+. The second-order valence-electron chi connectivity index (χ2n) is 6.96. The molecule has 0 unspecified atom stereocenters. The van der Waals surface area contributed by atoms with Gasteiger partial charge in [0.15, 0.2) is 0 Å². The molecule has 0 saturated carbocycles. The second-order valence-corrected chi connectivity index (χ2v) is 10.6. The van der Waals surface area contributed by atoms with Crippen LogP contribution in [-0.2, 0) is 21.2 Å². The molecule has 1 amide bonds. The smallest absolute Gasteiger partial charge is 0.255 e. The van der Waals surface area contributed by atoms with Crippen molar-refractivity contribution in [2.75, 3.05) is 13.1 Å². The summed E-state index contributed by atoms with van der Waals surface area (Å²) in [6, 6.07) is 20.7. The Morgan fingerprint density at radius 2 is 1.61 bits per heavy atom. The average molecular weight is 569 g/mol. The Balaban J connectivity index is 1.76. The van der Waals surface area contributed by atoms with Crippen molar-refractivity contribution in [3.8, 4) is 0 Å². The normalized spacial score (nSPS) is 11.8. The molecule has 6 nitrogen and oxygen atoms in total. The van der Waals surface area contributed by atoms with Gasteiger partial charge in [-0.15, -0.1) is 0 Å². The van der Waals surface area contributed by atoms with Gasteiger partial charge in [0.05, 0.1) is 27.7 Å². The lowest BCUT2D eigenvalue weighted by Gasteiger charge is -2.21. The number of carbonyl (C=O) groups excluding carboxylic acids is 1. The molecule has 0 aliphatic heterocycles. The van der Waals surface area contributed by atoms with E-state index in [2.05, 4.69) is 26.5 Å². The maximum atomic E-state index is 13.2. The van der Waals surface area contributed by atoms with E-state index in [-0.39, 0.29) is 11.4 Å². The highest BCUT2D eigenvalue weighted by Gasteiger charge is 2.26. The quantitative estimate of drug-likeness (QED) is 0.287. The third-order valence-electron chi connectivity index (χ3n) is 4.65. The second kappa shape index (κ2) is 11.8. The average Bonchev–Trinajstić information content (AvgIpc) is 2.79. The molecule has 0 aliphatic rings. The molecule has 0 aromatic heterocycles. The summed E-state index contributed by atoms with van der Waals surface area (Å²) in [5.41, 5.74) is 3.75. The van der Waals surface area contributed by atoms with Crippen molar-refractivity contribution in [3.05, 3.63) is 98.4 Å². The molecule has 0 bridgehead atoms. The number of nitrogens with zero attached hydrogens (tertiary/aromatic N) is 2. The fraction of sp³-hybridized carbons (Fsp3) is 0.130. The highest BCUT2D eigenvalue weighted by Crippen LogP contribution is 2.22. The highest BCUT2D eigenvalue weighted by atomic mass is 79.9. The van der Waals surface area contributed by atoms with Gasteiger partial charge in [-0.05, 0) is 48.4 Å². The fourth-order valence-electron chi connectivity index (χ4n) is 2.94. The van der Waals surface area contributed by atoms with Crippen LogP contribution in [0.25, 0.3) is 0 Å². The molecule has 10 heteroatoms. The Bertz CT molecular complexity index is 1220. The molecule has 0 radical (unpaired) electrons. The summed E-state index contributed by atoms with van der Waals surface area (Å²) in [7, 11) is -3.92. The van der Waals surface area contributed by atoms with Gasteiger partial charge in [0.25, 0.3) is 5.91 Å². The fourth-order valence-corrected chi connectivity index (χ4v) is 5.09. The lowest BCUT2D eigenvalue weighted by Crippen LogP contribution is -2.40. The van der Waals surface area contributed by atoms with Crippen LogP contribution in [0.15, 0.2) is 87.3 Å². The van der Waals surface area contributed by atoms with Crippen LogP contribution in [0, 0.1) is 0 Å². The van der Waals surface area contributed by atoms with E-state index in [1.54, 1.807) is 30.3 Å². The third-order valence-corrected chi connectivity index (χ3v) is 7.69. The maximum Gasteiger partial charge on any atom is 0.255 e. The molecule has 33 heavy (non-hydrogen) atoms. The molecule has 0 heterocycles. The van der Waals surface area contributed by atoms with E-state index in [9.17, 15) is 13.2 Å². The van der Waals surface area contributed by atoms with Crippen molar-refractivity contribution < 1.29 is 13.2 Å². The predicted octanol–water partition coefficient (Wildman–Crippen LogP) is 5.14. The number of hydrogen-bond acceptors (Lipinski definition) is 4. The minimum absolute atomic E-state index is 0.0953. The number of halogens is 3. The first-order chi connectivity index (χ1) is 15.8. The topological polar surface area (TPSA) is 78.8 Å². The van der Waals surface area contributed by atoms with Gasteiger partial charge >= 0.3 is 0 Å². The van der Waals surface area contributed by atoms with Crippen molar-refractivity contribution in [2.45, 2.75) is 11.3 Å². The minimum atomic E-state index is -3.92. The maximum absolute atomic E-state index is 13.2. The molecule has 0 spiro atoms. The molecule has 0 fully saturated rings. The highest BCUT2D eigenvalue weighted by molar-refractivity contribution is 9.10. The van der Waals surface area contributed by atoms with Crippen molar-refractivity contribution in [3.63, 3.8) is 0 Å². The van der Waals surface area contributed by atoms with Gasteiger partial charge in [-0.1, -0.05) is 75.5 Å². The summed E-state index contributed by atoms with van der Waals surface area (Å²) in [5, 5.41) is 4.64. The van der Waals surface area contributed by atoms with Gasteiger partial charge < -0.3 is 0 Å². The largest absolute Gasteiger partial charge is 0.272 e. The van der Waals surface area contributed by atoms with E-state index in [0.717, 1.165) is 14.3 Å². The van der Waals surface area contributed by atoms with E-state index < -0.39 is 22.5 Å². The predicted molar refractivity (Wildman–Crippen MR) is 135 cm³/mol. The Hall–Kier alpha value is -2.23. The number of hydrogen-bond donors (Lipinski definition) is 1. The molecule has 3 aromatic rings. The zero-order valence-corrected chi connectivity index (χ0v) is 21.2. The van der Waals surface area contributed by atoms with Gasteiger partial charge in [-0.2, -0.15) is 9.41 Å². The van der Waals surface area contributed by atoms with E-state index >= 15 is 0 Å². The van der Waals surface area contributed by atoms with Crippen LogP contribution in [0.4, 0.5) is 0 Å². The van der Waals surface area contributed by atoms with Gasteiger partial charge in [-0.25, -0.2) is 13.8 Å². The molecular formula is C23H20BrCl2N3O3S. The number of sulfonamides is 1. The molecule has 172 valence electrons. The van der Waals surface area contributed by atoms with Gasteiger partial charge in [0.1, 0.15) is 0 Å². The van der Waals surface area contributed by atoms with Gasteiger partial charge in [-0.3, -0.25) is 4.79 Å². The number of amides is 1. The van der Waals surface area contributed by atoms with E-state index in [0.29, 0.717) is 22.0 Å². The molecule has 3 rings (SSSR count). The number of benzene rings is 3. The zero-order chi connectivity index (χ0) is 23.8. The monoisotopic (exact) mass is 567 g/mol. The van der Waals surface area contributed by atoms with Crippen molar-refractivity contribution >= 4 is 61.3 Å². The number of rotatable bonds is 9. The van der Waals surface area contributed by atoms with Crippen LogP contribution in [0.1, 0.15) is 11.1 Å². The first-order valence-corrected chi connectivity index (χ1v) is 12.8. The van der Waals surface area contributed by atoms with E-state index in [1.807, 2.05) is 30.3 Å². The third kappa shape index (κ3) is 7.12. The summed E-state index contributed by atoms with van der Waals surface area (Å²) in [5.74, 6) is -0.594. The zero-order valence-electron chi connectivity index (χ0n) is 17.3. The summed E-state index contributed by atoms with van der Waals surface area (Å²) in [6.07, 6.45) is 1.77. The molecule has 1 N–H and O–H groups in total. The number of nitrogens with one attached hydrogen (secondary N) is 1. The van der Waals surface area contributed by atoms with E-state index in [4.69, 9.17) is 23.2 Å². The summed E-state index contributed by atoms with van der Waals surface area (Å²) in [6.45, 7) is -0.283. The summed E-state index contributed by atoms with van der Waals surface area (Å²) < 4.78 is 28.4. The summed E-state index contributed by atoms with van der Waals surface area (Å²) in [4.78, 5) is 12.6. The van der Waals surface area contributed by atoms with E-state index in [1.165, 1.54) is 18.3 Å². The SMILES string of the molecule is O=C(CN(CCc1ccccc1)S(=O)(=O)c1ccc(Br)cc1)N/N=C/c1c(Cl)cccc1Cl. The lowest BCUT2D eigenvalue weighted by molar-refractivity contribution is -0.121. The number of hydrazone groups is 1. The Morgan fingerprint density at radius 3 is 2.24 bits per heavy atom. The van der Waals surface area contributed by atoms with Crippen LogP contribution in [0.2, 0.25) is 10.0 Å². The van der Waals surface area contributed by atoms with Crippen LogP contribution < -0.4 is 5.43 Å². The van der Waals surface area contributed by atoms with Crippen molar-refractivity contribution in [1.82, 2.24) is 9.73 Å². The van der Waals surface area contributed by atoms with Crippen LogP contribution in [-0.4, -0.2) is 37.9 Å². The van der Waals surface area contributed by atoms with Crippen LogP contribution in [0.3, 0.4) is 0 Å². The van der Waals surface area contributed by atoms with Crippen molar-refractivity contribution in [2.24, 2.45) is 5.10 Å². The van der Waals surface area contributed by atoms with Crippen LogP contribution >= 0.6 is 39.1 Å². The molecular weight excluding hydrogens is 549 g/mol. The molecule has 0 aliphatic carbocycles. The van der Waals surface area contributed by atoms with Crippen molar-refractivity contribution in [1.29, 1.82) is 0 Å².